The van der Waals surface area contributed by atoms with E-state index in [1.165, 1.54) is 5.57 Å². The molecule has 0 fully saturated rings. The minimum Gasteiger partial charge on any atom is -0.439 e. The Hall–Kier alpha value is -1.81. The summed E-state index contributed by atoms with van der Waals surface area (Å²) in [5.74, 6) is 0.767. The fourth-order valence-corrected chi connectivity index (χ4v) is 2.20. The van der Waals surface area contributed by atoms with Crippen molar-refractivity contribution in [3.63, 3.8) is 0 Å². The maximum atomic E-state index is 5.73. The van der Waals surface area contributed by atoms with Gasteiger partial charge in [0.05, 0.1) is 6.54 Å². The average molecular weight is 243 g/mol. The summed E-state index contributed by atoms with van der Waals surface area (Å²) in [6.45, 7) is 4.99. The normalized spacial score (nSPS) is 17.1. The Bertz CT molecular complexity index is 600. The van der Waals surface area contributed by atoms with Gasteiger partial charge in [-0.15, -0.1) is 0 Å². The van der Waals surface area contributed by atoms with Crippen LogP contribution in [0.1, 0.15) is 19.2 Å². The molecule has 0 amide bonds. The van der Waals surface area contributed by atoms with Gasteiger partial charge in [0.15, 0.2) is 5.58 Å². The lowest BCUT2D eigenvalue weighted by Gasteiger charge is -2.23. The van der Waals surface area contributed by atoms with Gasteiger partial charge in [-0.2, -0.15) is 0 Å². The minimum atomic E-state index is 0.710. The van der Waals surface area contributed by atoms with Crippen LogP contribution in [0, 0.1) is 0 Å². The topological polar surface area (TPSA) is 55.3 Å². The first-order valence-electron chi connectivity index (χ1n) is 6.23. The molecule has 94 valence electrons. The van der Waals surface area contributed by atoms with Crippen LogP contribution in [0.4, 0.5) is 5.69 Å². The molecule has 0 bridgehead atoms. The second-order valence-electron chi connectivity index (χ2n) is 4.87. The lowest BCUT2D eigenvalue weighted by molar-refractivity contribution is 0.259. The van der Waals surface area contributed by atoms with E-state index in [1.54, 1.807) is 0 Å². The average Bonchev–Trinajstić information content (AvgIpc) is 2.73. The van der Waals surface area contributed by atoms with Crippen LogP contribution >= 0.6 is 0 Å². The van der Waals surface area contributed by atoms with Crippen molar-refractivity contribution in [3.8, 4) is 0 Å². The van der Waals surface area contributed by atoms with E-state index >= 15 is 0 Å². The lowest BCUT2D eigenvalue weighted by Crippen LogP contribution is -2.27. The first-order valence-corrected chi connectivity index (χ1v) is 6.23. The third-order valence-electron chi connectivity index (χ3n) is 3.34. The van der Waals surface area contributed by atoms with E-state index in [0.717, 1.165) is 43.0 Å². The number of fused-ring (bicyclic) bond motifs is 1. The van der Waals surface area contributed by atoms with Crippen molar-refractivity contribution < 1.29 is 4.42 Å². The van der Waals surface area contributed by atoms with Gasteiger partial charge >= 0.3 is 0 Å². The lowest BCUT2D eigenvalue weighted by atomic mass is 10.1. The van der Waals surface area contributed by atoms with E-state index in [9.17, 15) is 0 Å². The molecule has 18 heavy (non-hydrogen) atoms. The number of nitrogens with zero attached hydrogens (tertiary/aromatic N) is 2. The summed E-state index contributed by atoms with van der Waals surface area (Å²) in [7, 11) is 0. The van der Waals surface area contributed by atoms with Gasteiger partial charge in [0.25, 0.3) is 0 Å². The highest BCUT2D eigenvalue weighted by Crippen LogP contribution is 2.20. The van der Waals surface area contributed by atoms with Gasteiger partial charge in [-0.3, -0.25) is 4.90 Å². The largest absolute Gasteiger partial charge is 0.439 e. The van der Waals surface area contributed by atoms with E-state index in [0.29, 0.717) is 5.69 Å². The highest BCUT2D eigenvalue weighted by molar-refractivity contribution is 5.76. The van der Waals surface area contributed by atoms with Crippen molar-refractivity contribution in [3.05, 3.63) is 35.7 Å². The van der Waals surface area contributed by atoms with Crippen LogP contribution < -0.4 is 5.73 Å². The summed E-state index contributed by atoms with van der Waals surface area (Å²) in [6, 6.07) is 5.58. The second kappa shape index (κ2) is 4.46. The number of nitrogens with two attached hydrogens (primary N) is 1. The van der Waals surface area contributed by atoms with Gasteiger partial charge in [-0.1, -0.05) is 11.6 Å². The van der Waals surface area contributed by atoms with Gasteiger partial charge in [0.1, 0.15) is 5.52 Å². The molecular formula is C14H17N3O. The van der Waals surface area contributed by atoms with Gasteiger partial charge in [-0.05, 0) is 25.5 Å². The van der Waals surface area contributed by atoms with E-state index in [2.05, 4.69) is 22.9 Å². The van der Waals surface area contributed by atoms with Crippen LogP contribution in [0.25, 0.3) is 11.1 Å². The highest BCUT2D eigenvalue weighted by Gasteiger charge is 2.13. The van der Waals surface area contributed by atoms with Crippen molar-refractivity contribution in [2.24, 2.45) is 0 Å². The maximum absolute atomic E-state index is 5.73. The maximum Gasteiger partial charge on any atom is 0.209 e. The Morgan fingerprint density at radius 2 is 2.33 bits per heavy atom. The summed E-state index contributed by atoms with van der Waals surface area (Å²) < 4.78 is 5.72. The fraction of sp³-hybridized carbons (Fsp3) is 0.357. The number of aromatic nitrogens is 1. The molecule has 2 N–H and O–H groups in total. The molecule has 1 aromatic carbocycles. The summed E-state index contributed by atoms with van der Waals surface area (Å²) in [5, 5.41) is 0. The molecule has 1 aliphatic rings. The van der Waals surface area contributed by atoms with Crippen LogP contribution in [-0.2, 0) is 6.54 Å². The number of oxazole rings is 1. The highest BCUT2D eigenvalue weighted by atomic mass is 16.3. The third-order valence-corrected chi connectivity index (χ3v) is 3.34. The van der Waals surface area contributed by atoms with E-state index in [1.807, 2.05) is 18.2 Å². The van der Waals surface area contributed by atoms with Gasteiger partial charge in [0.2, 0.25) is 5.89 Å². The number of rotatable bonds is 2. The zero-order valence-electron chi connectivity index (χ0n) is 10.5. The van der Waals surface area contributed by atoms with Gasteiger partial charge in [-0.25, -0.2) is 4.98 Å². The molecule has 1 aromatic heterocycles. The van der Waals surface area contributed by atoms with E-state index in [-0.39, 0.29) is 0 Å². The smallest absolute Gasteiger partial charge is 0.209 e. The molecule has 4 heteroatoms. The van der Waals surface area contributed by atoms with E-state index in [4.69, 9.17) is 10.2 Å². The summed E-state index contributed by atoms with van der Waals surface area (Å²) in [6.07, 6.45) is 3.40. The monoisotopic (exact) mass is 243 g/mol. The molecule has 0 radical (unpaired) electrons. The Kier molecular flexibility index (Phi) is 2.80. The van der Waals surface area contributed by atoms with Gasteiger partial charge < -0.3 is 10.2 Å². The minimum absolute atomic E-state index is 0.710. The van der Waals surface area contributed by atoms with Crippen LogP contribution in [-0.4, -0.2) is 23.0 Å². The zero-order chi connectivity index (χ0) is 12.5. The second-order valence-corrected chi connectivity index (χ2v) is 4.87. The summed E-state index contributed by atoms with van der Waals surface area (Å²) in [4.78, 5) is 6.82. The van der Waals surface area contributed by atoms with Crippen LogP contribution in [0.5, 0.6) is 0 Å². The van der Waals surface area contributed by atoms with Crippen molar-refractivity contribution in [2.45, 2.75) is 19.9 Å². The molecule has 0 unspecified atom stereocenters. The fourth-order valence-electron chi connectivity index (χ4n) is 2.20. The Balaban J connectivity index is 1.79. The predicted octanol–water partition coefficient (Wildman–Crippen LogP) is 2.56. The van der Waals surface area contributed by atoms with Crippen molar-refractivity contribution in [1.29, 1.82) is 0 Å². The SMILES string of the molecule is CC1=CCN(Cc2nc3ccc(N)cc3o2)CC1. The molecule has 0 atom stereocenters. The molecule has 3 rings (SSSR count). The van der Waals surface area contributed by atoms with Gasteiger partial charge in [0, 0.05) is 24.8 Å². The van der Waals surface area contributed by atoms with Crippen LogP contribution in [0.2, 0.25) is 0 Å². The van der Waals surface area contributed by atoms with Crippen molar-refractivity contribution >= 4 is 16.8 Å². The molecular weight excluding hydrogens is 226 g/mol. The molecule has 0 spiro atoms. The molecule has 1 aliphatic heterocycles. The number of hydrogen-bond donors (Lipinski definition) is 1. The number of nitrogen functional groups attached to an aromatic ring is 1. The molecule has 2 heterocycles. The molecule has 2 aromatic rings. The first-order chi connectivity index (χ1) is 8.70. The molecule has 4 nitrogen and oxygen atoms in total. The van der Waals surface area contributed by atoms with Crippen LogP contribution in [0.3, 0.4) is 0 Å². The third kappa shape index (κ3) is 2.24. The molecule has 0 aliphatic carbocycles. The van der Waals surface area contributed by atoms with Crippen molar-refractivity contribution in [2.75, 3.05) is 18.8 Å². The number of hydrogen-bond acceptors (Lipinski definition) is 4. The Labute approximate surface area is 106 Å². The summed E-state index contributed by atoms with van der Waals surface area (Å²) in [5.41, 5.74) is 9.56. The standard InChI is InChI=1S/C14H17N3O/c1-10-4-6-17(7-5-10)9-14-16-12-3-2-11(15)8-13(12)18-14/h2-4,8H,5-7,9,15H2,1H3. The first kappa shape index (κ1) is 11.3. The quantitative estimate of drug-likeness (QED) is 0.650. The number of benzene rings is 1. The Morgan fingerprint density at radius 1 is 1.44 bits per heavy atom. The molecule has 0 saturated carbocycles. The predicted molar refractivity (Wildman–Crippen MR) is 72.1 cm³/mol. The van der Waals surface area contributed by atoms with Crippen LogP contribution in [0.15, 0.2) is 34.3 Å². The number of anilines is 1. The molecule has 0 saturated heterocycles. The summed E-state index contributed by atoms with van der Waals surface area (Å²) >= 11 is 0. The van der Waals surface area contributed by atoms with E-state index < -0.39 is 0 Å². The van der Waals surface area contributed by atoms with Crippen molar-refractivity contribution in [1.82, 2.24) is 9.88 Å². The Morgan fingerprint density at radius 3 is 3.11 bits per heavy atom. The zero-order valence-corrected chi connectivity index (χ0v) is 10.5.